The second kappa shape index (κ2) is 7.48. The summed E-state index contributed by atoms with van der Waals surface area (Å²) in [7, 11) is 0. The number of carbonyl (C=O) groups is 2. The Morgan fingerprint density at radius 3 is 2.33 bits per heavy atom. The fourth-order valence-electron chi connectivity index (χ4n) is 3.51. The van der Waals surface area contributed by atoms with Gasteiger partial charge in [0.1, 0.15) is 5.70 Å². The van der Waals surface area contributed by atoms with Gasteiger partial charge in [-0.3, -0.25) is 14.5 Å². The molecule has 0 N–H and O–H groups in total. The highest BCUT2D eigenvalue weighted by atomic mass is 32.1. The van der Waals surface area contributed by atoms with Crippen molar-refractivity contribution in [1.82, 2.24) is 19.8 Å². The molecule has 2 aliphatic heterocycles. The van der Waals surface area contributed by atoms with Crippen molar-refractivity contribution in [2.24, 2.45) is 0 Å². The molecule has 8 heteroatoms. The minimum Gasteiger partial charge on any atom is -0.363 e. The van der Waals surface area contributed by atoms with E-state index in [4.69, 9.17) is 0 Å². The number of anilines is 1. The summed E-state index contributed by atoms with van der Waals surface area (Å²) in [5.74, 6) is 0.355. The molecule has 0 aromatic carbocycles. The number of piperazine rings is 1. The molecular formula is C19H21N5O2S. The van der Waals surface area contributed by atoms with Gasteiger partial charge in [0.05, 0.1) is 5.57 Å². The zero-order valence-corrected chi connectivity index (χ0v) is 16.0. The molecule has 2 amide bonds. The highest BCUT2D eigenvalue weighted by Gasteiger charge is 2.42. The van der Waals surface area contributed by atoms with Crippen molar-refractivity contribution in [3.8, 4) is 0 Å². The lowest BCUT2D eigenvalue weighted by Crippen LogP contribution is -2.48. The maximum absolute atomic E-state index is 13.0. The predicted octanol–water partition coefficient (Wildman–Crippen LogP) is 1.85. The number of thiophene rings is 1. The van der Waals surface area contributed by atoms with Crippen LogP contribution in [0.3, 0.4) is 0 Å². The van der Waals surface area contributed by atoms with E-state index in [9.17, 15) is 9.59 Å². The summed E-state index contributed by atoms with van der Waals surface area (Å²) >= 11 is 1.50. The van der Waals surface area contributed by atoms with Crippen LogP contribution in [0.4, 0.5) is 5.95 Å². The van der Waals surface area contributed by atoms with Gasteiger partial charge in [0, 0.05) is 50.0 Å². The molecule has 7 nitrogen and oxygen atoms in total. The molecular weight excluding hydrogens is 362 g/mol. The summed E-state index contributed by atoms with van der Waals surface area (Å²) in [5.41, 5.74) is 1.09. The minimum atomic E-state index is -0.173. The van der Waals surface area contributed by atoms with Crippen molar-refractivity contribution >= 4 is 34.7 Å². The fraction of sp³-hybridized carbons (Fsp3) is 0.368. The molecule has 0 saturated carbocycles. The standard InChI is InChI=1S/C19H21N5O2S/c1-2-8-24-17(25)15(14-5-3-13-27-14)16(18(24)26)22-9-11-23(12-10-22)19-20-6-4-7-21-19/h3-7,13H,2,8-12H2,1H3. The number of imide groups is 1. The smallest absolute Gasteiger partial charge is 0.277 e. The molecule has 4 rings (SSSR count). The average molecular weight is 383 g/mol. The third-order valence-electron chi connectivity index (χ3n) is 4.79. The highest BCUT2D eigenvalue weighted by Crippen LogP contribution is 2.34. The first-order valence-corrected chi connectivity index (χ1v) is 10.00. The maximum atomic E-state index is 13.0. The topological polar surface area (TPSA) is 69.6 Å². The molecule has 0 atom stereocenters. The van der Waals surface area contributed by atoms with Gasteiger partial charge in [-0.05, 0) is 23.9 Å². The number of hydrogen-bond donors (Lipinski definition) is 0. The molecule has 27 heavy (non-hydrogen) atoms. The zero-order valence-electron chi connectivity index (χ0n) is 15.2. The Bertz CT molecular complexity index is 857. The van der Waals surface area contributed by atoms with Gasteiger partial charge in [0.25, 0.3) is 11.8 Å². The second-order valence-corrected chi connectivity index (χ2v) is 7.43. The summed E-state index contributed by atoms with van der Waals surface area (Å²) in [5, 5.41) is 1.94. The van der Waals surface area contributed by atoms with E-state index in [0.717, 1.165) is 11.3 Å². The maximum Gasteiger partial charge on any atom is 0.277 e. The van der Waals surface area contributed by atoms with Crippen molar-refractivity contribution in [1.29, 1.82) is 0 Å². The molecule has 0 spiro atoms. The van der Waals surface area contributed by atoms with E-state index < -0.39 is 0 Å². The first-order chi connectivity index (χ1) is 13.2. The molecule has 0 unspecified atom stereocenters. The first kappa shape index (κ1) is 17.7. The first-order valence-electron chi connectivity index (χ1n) is 9.12. The molecule has 140 valence electrons. The second-order valence-electron chi connectivity index (χ2n) is 6.49. The molecule has 2 aromatic rings. The van der Waals surface area contributed by atoms with Gasteiger partial charge >= 0.3 is 0 Å². The Morgan fingerprint density at radius 1 is 1.00 bits per heavy atom. The zero-order chi connectivity index (χ0) is 18.8. The Labute approximate surface area is 161 Å². The summed E-state index contributed by atoms with van der Waals surface area (Å²) in [6, 6.07) is 5.62. The lowest BCUT2D eigenvalue weighted by atomic mass is 10.1. The molecule has 2 aromatic heterocycles. The van der Waals surface area contributed by atoms with E-state index in [1.54, 1.807) is 18.5 Å². The normalized spacial score (nSPS) is 18.0. The predicted molar refractivity (Wildman–Crippen MR) is 104 cm³/mol. The van der Waals surface area contributed by atoms with Crippen LogP contribution in [0.15, 0.2) is 41.7 Å². The summed E-state index contributed by atoms with van der Waals surface area (Å²) in [4.78, 5) is 41.0. The van der Waals surface area contributed by atoms with Gasteiger partial charge in [-0.25, -0.2) is 9.97 Å². The van der Waals surface area contributed by atoms with Crippen LogP contribution in [0.5, 0.6) is 0 Å². The van der Waals surface area contributed by atoms with E-state index in [0.29, 0.717) is 49.9 Å². The number of rotatable bonds is 5. The third-order valence-corrected chi connectivity index (χ3v) is 5.68. The van der Waals surface area contributed by atoms with E-state index in [1.165, 1.54) is 16.2 Å². The molecule has 4 heterocycles. The van der Waals surface area contributed by atoms with Gasteiger partial charge < -0.3 is 9.80 Å². The van der Waals surface area contributed by atoms with Crippen LogP contribution in [0.25, 0.3) is 5.57 Å². The quantitative estimate of drug-likeness (QED) is 0.734. The summed E-state index contributed by atoms with van der Waals surface area (Å²) in [6.45, 7) is 5.15. The molecule has 1 saturated heterocycles. The Balaban J connectivity index is 1.60. The number of aromatic nitrogens is 2. The lowest BCUT2D eigenvalue weighted by molar-refractivity contribution is -0.137. The van der Waals surface area contributed by atoms with Crippen LogP contribution < -0.4 is 4.90 Å². The summed E-state index contributed by atoms with van der Waals surface area (Å²) < 4.78 is 0. The molecule has 0 radical (unpaired) electrons. The van der Waals surface area contributed by atoms with Crippen LogP contribution in [0.2, 0.25) is 0 Å². The largest absolute Gasteiger partial charge is 0.363 e. The minimum absolute atomic E-state index is 0.172. The van der Waals surface area contributed by atoms with E-state index in [-0.39, 0.29) is 11.8 Å². The lowest BCUT2D eigenvalue weighted by Gasteiger charge is -2.36. The van der Waals surface area contributed by atoms with Crippen molar-refractivity contribution < 1.29 is 9.59 Å². The molecule has 0 aliphatic carbocycles. The van der Waals surface area contributed by atoms with E-state index in [1.807, 2.05) is 29.3 Å². The van der Waals surface area contributed by atoms with Gasteiger partial charge in [-0.1, -0.05) is 13.0 Å². The van der Waals surface area contributed by atoms with E-state index >= 15 is 0 Å². The number of carbonyl (C=O) groups excluding carboxylic acids is 2. The average Bonchev–Trinajstić information content (AvgIpc) is 3.31. The van der Waals surface area contributed by atoms with Crippen LogP contribution in [0.1, 0.15) is 18.2 Å². The van der Waals surface area contributed by atoms with Crippen LogP contribution in [-0.4, -0.2) is 64.3 Å². The Hall–Kier alpha value is -2.74. The fourth-order valence-corrected chi connectivity index (χ4v) is 4.27. The number of nitrogens with zero attached hydrogens (tertiary/aromatic N) is 5. The van der Waals surface area contributed by atoms with Crippen molar-refractivity contribution in [3.05, 3.63) is 46.5 Å². The van der Waals surface area contributed by atoms with Crippen LogP contribution in [-0.2, 0) is 9.59 Å². The van der Waals surface area contributed by atoms with Gasteiger partial charge in [-0.15, -0.1) is 11.3 Å². The third kappa shape index (κ3) is 3.21. The Morgan fingerprint density at radius 2 is 1.70 bits per heavy atom. The molecule has 2 aliphatic rings. The van der Waals surface area contributed by atoms with Gasteiger partial charge in [-0.2, -0.15) is 0 Å². The van der Waals surface area contributed by atoms with Gasteiger partial charge in [0.2, 0.25) is 5.95 Å². The van der Waals surface area contributed by atoms with Gasteiger partial charge in [0.15, 0.2) is 0 Å². The monoisotopic (exact) mass is 383 g/mol. The van der Waals surface area contributed by atoms with Crippen molar-refractivity contribution in [2.75, 3.05) is 37.6 Å². The van der Waals surface area contributed by atoms with Crippen molar-refractivity contribution in [2.45, 2.75) is 13.3 Å². The van der Waals surface area contributed by atoms with Crippen LogP contribution in [0, 0.1) is 0 Å². The summed E-state index contributed by atoms with van der Waals surface area (Å²) in [6.07, 6.45) is 4.21. The SMILES string of the molecule is CCCN1C(=O)C(c2cccs2)=C(N2CCN(c3ncccn3)CC2)C1=O. The van der Waals surface area contributed by atoms with Crippen molar-refractivity contribution in [3.63, 3.8) is 0 Å². The number of hydrogen-bond acceptors (Lipinski definition) is 7. The van der Waals surface area contributed by atoms with Crippen LogP contribution >= 0.6 is 11.3 Å². The molecule has 1 fully saturated rings. The Kier molecular flexibility index (Phi) is 4.89. The molecule has 0 bridgehead atoms. The van der Waals surface area contributed by atoms with E-state index in [2.05, 4.69) is 14.9 Å². The highest BCUT2D eigenvalue weighted by molar-refractivity contribution is 7.11. The number of amides is 2.